The van der Waals surface area contributed by atoms with E-state index < -0.39 is 12.7 Å². The third-order valence-electron chi connectivity index (χ3n) is 2.95. The van der Waals surface area contributed by atoms with Crippen molar-refractivity contribution in [2.75, 3.05) is 13.1 Å². The molecule has 0 spiro atoms. The molecular formula is C15H25F3N2O. The number of furan rings is 1. The van der Waals surface area contributed by atoms with E-state index in [4.69, 9.17) is 4.42 Å². The standard InChI is InChI=1S/C15H25F3N2O/c1-5-7-20(11-15(16,17)18)10-12-6-8-21-13(12)9-19-14(2,3)4/h6,8,19H,5,7,9-11H2,1-4H3. The summed E-state index contributed by atoms with van der Waals surface area (Å²) < 4.78 is 43.2. The van der Waals surface area contributed by atoms with Gasteiger partial charge in [-0.15, -0.1) is 0 Å². The molecule has 21 heavy (non-hydrogen) atoms. The molecule has 1 heterocycles. The van der Waals surface area contributed by atoms with Crippen molar-refractivity contribution in [3.8, 4) is 0 Å². The number of hydrogen-bond acceptors (Lipinski definition) is 3. The van der Waals surface area contributed by atoms with Gasteiger partial charge in [-0.2, -0.15) is 13.2 Å². The van der Waals surface area contributed by atoms with Crippen molar-refractivity contribution in [1.82, 2.24) is 10.2 Å². The quantitative estimate of drug-likeness (QED) is 0.827. The molecule has 0 saturated carbocycles. The summed E-state index contributed by atoms with van der Waals surface area (Å²) in [7, 11) is 0. The summed E-state index contributed by atoms with van der Waals surface area (Å²) in [6.07, 6.45) is -1.96. The van der Waals surface area contributed by atoms with E-state index in [0.29, 0.717) is 25.3 Å². The number of alkyl halides is 3. The van der Waals surface area contributed by atoms with Gasteiger partial charge in [-0.1, -0.05) is 6.92 Å². The Bertz CT molecular complexity index is 421. The topological polar surface area (TPSA) is 28.4 Å². The van der Waals surface area contributed by atoms with E-state index >= 15 is 0 Å². The Hall–Kier alpha value is -1.01. The summed E-state index contributed by atoms with van der Waals surface area (Å²) in [6, 6.07) is 1.75. The number of hydrogen-bond donors (Lipinski definition) is 1. The Morgan fingerprint density at radius 1 is 1.24 bits per heavy atom. The van der Waals surface area contributed by atoms with Crippen molar-refractivity contribution in [1.29, 1.82) is 0 Å². The largest absolute Gasteiger partial charge is 0.468 e. The Morgan fingerprint density at radius 2 is 1.90 bits per heavy atom. The lowest BCUT2D eigenvalue weighted by Crippen LogP contribution is -2.36. The first-order chi connectivity index (χ1) is 9.61. The second-order valence-corrected chi connectivity index (χ2v) is 6.30. The third kappa shape index (κ3) is 7.52. The van der Waals surface area contributed by atoms with Gasteiger partial charge in [0.2, 0.25) is 0 Å². The van der Waals surface area contributed by atoms with E-state index in [1.165, 1.54) is 11.2 Å². The van der Waals surface area contributed by atoms with Gasteiger partial charge in [-0.3, -0.25) is 4.90 Å². The number of nitrogens with one attached hydrogen (secondary N) is 1. The van der Waals surface area contributed by atoms with Gasteiger partial charge in [0.15, 0.2) is 0 Å². The monoisotopic (exact) mass is 306 g/mol. The summed E-state index contributed by atoms with van der Waals surface area (Å²) in [5.74, 6) is 0.702. The molecule has 6 heteroatoms. The molecule has 0 aliphatic carbocycles. The number of halogens is 3. The van der Waals surface area contributed by atoms with Gasteiger partial charge in [-0.05, 0) is 39.8 Å². The van der Waals surface area contributed by atoms with Gasteiger partial charge < -0.3 is 9.73 Å². The molecule has 0 aromatic carbocycles. The molecular weight excluding hydrogens is 281 g/mol. The van der Waals surface area contributed by atoms with Crippen LogP contribution in [-0.2, 0) is 13.1 Å². The summed E-state index contributed by atoms with van der Waals surface area (Å²) in [6.45, 7) is 8.26. The van der Waals surface area contributed by atoms with Gasteiger partial charge in [0.05, 0.1) is 19.4 Å². The predicted octanol–water partition coefficient (Wildman–Crippen LogP) is 3.94. The molecule has 1 aromatic heterocycles. The lowest BCUT2D eigenvalue weighted by molar-refractivity contribution is -0.147. The first-order valence-electron chi connectivity index (χ1n) is 7.20. The molecule has 0 amide bonds. The first-order valence-corrected chi connectivity index (χ1v) is 7.20. The maximum absolute atomic E-state index is 12.6. The molecule has 1 N–H and O–H groups in total. The fraction of sp³-hybridized carbons (Fsp3) is 0.733. The molecule has 0 aliphatic rings. The Labute approximate surface area is 124 Å². The van der Waals surface area contributed by atoms with Crippen molar-refractivity contribution < 1.29 is 17.6 Å². The van der Waals surface area contributed by atoms with Crippen LogP contribution in [0.4, 0.5) is 13.2 Å². The van der Waals surface area contributed by atoms with E-state index in [1.54, 1.807) is 6.07 Å². The highest BCUT2D eigenvalue weighted by Crippen LogP contribution is 2.20. The zero-order valence-electron chi connectivity index (χ0n) is 13.2. The summed E-state index contributed by atoms with van der Waals surface area (Å²) in [4.78, 5) is 1.41. The maximum Gasteiger partial charge on any atom is 0.401 e. The second-order valence-electron chi connectivity index (χ2n) is 6.30. The number of rotatable bonds is 7. The number of nitrogens with zero attached hydrogens (tertiary/aromatic N) is 1. The van der Waals surface area contributed by atoms with Crippen molar-refractivity contribution in [2.45, 2.75) is 58.9 Å². The highest BCUT2D eigenvalue weighted by Gasteiger charge is 2.30. The fourth-order valence-corrected chi connectivity index (χ4v) is 2.03. The highest BCUT2D eigenvalue weighted by atomic mass is 19.4. The predicted molar refractivity (Wildman–Crippen MR) is 76.9 cm³/mol. The molecule has 0 radical (unpaired) electrons. The molecule has 1 aromatic rings. The average molecular weight is 306 g/mol. The van der Waals surface area contributed by atoms with Crippen molar-refractivity contribution in [3.63, 3.8) is 0 Å². The zero-order chi connectivity index (χ0) is 16.1. The van der Waals surface area contributed by atoms with Crippen LogP contribution in [0.1, 0.15) is 45.4 Å². The minimum atomic E-state index is -4.18. The lowest BCUT2D eigenvalue weighted by atomic mass is 10.1. The normalized spacial score (nSPS) is 13.1. The van der Waals surface area contributed by atoms with Gasteiger partial charge in [0.25, 0.3) is 0 Å². The fourth-order valence-electron chi connectivity index (χ4n) is 2.03. The van der Waals surface area contributed by atoms with Crippen molar-refractivity contribution >= 4 is 0 Å². The van der Waals surface area contributed by atoms with E-state index in [0.717, 1.165) is 5.56 Å². The van der Waals surface area contributed by atoms with Crippen LogP contribution in [0.2, 0.25) is 0 Å². The molecule has 0 fully saturated rings. The average Bonchev–Trinajstić information content (AvgIpc) is 2.71. The van der Waals surface area contributed by atoms with Gasteiger partial charge >= 0.3 is 6.18 Å². The Kier molecular flexibility index (Phi) is 6.28. The maximum atomic E-state index is 12.6. The third-order valence-corrected chi connectivity index (χ3v) is 2.95. The molecule has 0 saturated heterocycles. The Balaban J connectivity index is 2.69. The van der Waals surface area contributed by atoms with E-state index in [1.807, 2.05) is 27.7 Å². The van der Waals surface area contributed by atoms with E-state index in [-0.39, 0.29) is 12.1 Å². The molecule has 1 rings (SSSR count). The summed E-state index contributed by atoms with van der Waals surface area (Å²) in [5, 5.41) is 3.28. The first kappa shape index (κ1) is 18.0. The van der Waals surface area contributed by atoms with Crippen LogP contribution in [0, 0.1) is 0 Å². The van der Waals surface area contributed by atoms with E-state index in [9.17, 15) is 13.2 Å². The molecule has 0 unspecified atom stereocenters. The molecule has 0 atom stereocenters. The van der Waals surface area contributed by atoms with Gasteiger partial charge in [0.1, 0.15) is 5.76 Å². The molecule has 122 valence electrons. The van der Waals surface area contributed by atoms with Crippen LogP contribution < -0.4 is 5.32 Å². The Morgan fingerprint density at radius 3 is 2.43 bits per heavy atom. The van der Waals surface area contributed by atoms with Crippen molar-refractivity contribution in [2.24, 2.45) is 0 Å². The van der Waals surface area contributed by atoms with Crippen LogP contribution >= 0.6 is 0 Å². The van der Waals surface area contributed by atoms with Crippen LogP contribution in [0.3, 0.4) is 0 Å². The second kappa shape index (κ2) is 7.31. The zero-order valence-corrected chi connectivity index (χ0v) is 13.2. The van der Waals surface area contributed by atoms with Crippen LogP contribution in [0.25, 0.3) is 0 Å². The SMILES string of the molecule is CCCN(Cc1ccoc1CNC(C)(C)C)CC(F)(F)F. The highest BCUT2D eigenvalue weighted by molar-refractivity contribution is 5.17. The van der Waals surface area contributed by atoms with Crippen molar-refractivity contribution in [3.05, 3.63) is 23.7 Å². The lowest BCUT2D eigenvalue weighted by Gasteiger charge is -2.24. The van der Waals surface area contributed by atoms with Gasteiger partial charge in [-0.25, -0.2) is 0 Å². The minimum Gasteiger partial charge on any atom is -0.468 e. The molecule has 0 aliphatic heterocycles. The summed E-state index contributed by atoms with van der Waals surface area (Å²) >= 11 is 0. The van der Waals surface area contributed by atoms with Crippen LogP contribution in [0.5, 0.6) is 0 Å². The molecule has 0 bridgehead atoms. The summed E-state index contributed by atoms with van der Waals surface area (Å²) in [5.41, 5.74) is 0.739. The minimum absolute atomic E-state index is 0.0703. The van der Waals surface area contributed by atoms with Crippen LogP contribution in [0.15, 0.2) is 16.7 Å². The molecule has 3 nitrogen and oxygen atoms in total. The smallest absolute Gasteiger partial charge is 0.401 e. The van der Waals surface area contributed by atoms with Gasteiger partial charge in [0, 0.05) is 17.6 Å². The van der Waals surface area contributed by atoms with E-state index in [2.05, 4.69) is 5.32 Å². The van der Waals surface area contributed by atoms with Crippen LogP contribution in [-0.4, -0.2) is 29.7 Å².